The lowest BCUT2D eigenvalue weighted by molar-refractivity contribution is 0.346. The molecule has 0 saturated heterocycles. The van der Waals surface area contributed by atoms with Gasteiger partial charge in [0.1, 0.15) is 11.5 Å². The Hall–Kier alpha value is -2.52. The van der Waals surface area contributed by atoms with Crippen molar-refractivity contribution in [3.63, 3.8) is 0 Å². The minimum absolute atomic E-state index is 0.610. The van der Waals surface area contributed by atoms with Gasteiger partial charge in [-0.2, -0.15) is 0 Å². The summed E-state index contributed by atoms with van der Waals surface area (Å²) in [6, 6.07) is 25.1. The highest BCUT2D eigenvalue weighted by Crippen LogP contribution is 2.45. The van der Waals surface area contributed by atoms with Crippen LogP contribution in [0.2, 0.25) is 0 Å². The second kappa shape index (κ2) is 7.38. The van der Waals surface area contributed by atoms with Gasteiger partial charge in [-0.3, -0.25) is 0 Å². The highest BCUT2D eigenvalue weighted by molar-refractivity contribution is 9.09. The molecule has 4 aromatic rings. The molecular formula is C23H19BrO2. The number of rotatable bonds is 5. The van der Waals surface area contributed by atoms with Crippen LogP contribution in [0, 0.1) is 0 Å². The standard InChI is InChI=1S/C23H19BrO2/c1-25-20-12-10-16-6-2-4-8-18(16)22(20)23-19-9-5-3-7-17(19)11-13-21(23)26-15-14-24/h2-13H,14-15H2,1H3. The topological polar surface area (TPSA) is 18.5 Å². The molecule has 0 unspecified atom stereocenters. The van der Waals surface area contributed by atoms with Crippen LogP contribution in [0.5, 0.6) is 11.5 Å². The highest BCUT2D eigenvalue weighted by atomic mass is 79.9. The predicted octanol–water partition coefficient (Wildman–Crippen LogP) is 6.44. The summed E-state index contributed by atoms with van der Waals surface area (Å²) >= 11 is 3.46. The molecule has 0 spiro atoms. The van der Waals surface area contributed by atoms with Gasteiger partial charge in [0.25, 0.3) is 0 Å². The van der Waals surface area contributed by atoms with Crippen LogP contribution >= 0.6 is 15.9 Å². The van der Waals surface area contributed by atoms with Crippen molar-refractivity contribution in [2.45, 2.75) is 0 Å². The van der Waals surface area contributed by atoms with E-state index in [2.05, 4.69) is 82.7 Å². The Kier molecular flexibility index (Phi) is 4.81. The van der Waals surface area contributed by atoms with Gasteiger partial charge < -0.3 is 9.47 Å². The number of hydrogen-bond donors (Lipinski definition) is 0. The van der Waals surface area contributed by atoms with E-state index < -0.39 is 0 Å². The fraction of sp³-hybridized carbons (Fsp3) is 0.130. The number of fused-ring (bicyclic) bond motifs is 2. The molecule has 0 fully saturated rings. The largest absolute Gasteiger partial charge is 0.496 e. The minimum Gasteiger partial charge on any atom is -0.496 e. The Morgan fingerprint density at radius 2 is 1.23 bits per heavy atom. The average Bonchev–Trinajstić information content (AvgIpc) is 2.71. The second-order valence-electron chi connectivity index (χ2n) is 6.06. The quantitative estimate of drug-likeness (QED) is 0.355. The van der Waals surface area contributed by atoms with Crippen molar-refractivity contribution in [1.29, 1.82) is 0 Å². The molecular weight excluding hydrogens is 388 g/mol. The molecule has 0 bridgehead atoms. The van der Waals surface area contributed by atoms with Gasteiger partial charge >= 0.3 is 0 Å². The summed E-state index contributed by atoms with van der Waals surface area (Å²) in [5.74, 6) is 1.72. The maximum Gasteiger partial charge on any atom is 0.127 e. The van der Waals surface area contributed by atoms with Gasteiger partial charge in [0.15, 0.2) is 0 Å². The predicted molar refractivity (Wildman–Crippen MR) is 113 cm³/mol. The summed E-state index contributed by atoms with van der Waals surface area (Å²) < 4.78 is 11.8. The van der Waals surface area contributed by atoms with E-state index >= 15 is 0 Å². The van der Waals surface area contributed by atoms with Crippen molar-refractivity contribution in [2.75, 3.05) is 19.0 Å². The van der Waals surface area contributed by atoms with Gasteiger partial charge in [-0.25, -0.2) is 0 Å². The molecule has 130 valence electrons. The van der Waals surface area contributed by atoms with Crippen LogP contribution in [0.15, 0.2) is 72.8 Å². The monoisotopic (exact) mass is 406 g/mol. The van der Waals surface area contributed by atoms with Crippen molar-refractivity contribution in [2.24, 2.45) is 0 Å². The van der Waals surface area contributed by atoms with Crippen LogP contribution < -0.4 is 9.47 Å². The lowest BCUT2D eigenvalue weighted by atomic mass is 9.92. The van der Waals surface area contributed by atoms with Gasteiger partial charge in [0.2, 0.25) is 0 Å². The number of benzene rings is 4. The molecule has 4 rings (SSSR count). The molecule has 0 heterocycles. The van der Waals surface area contributed by atoms with E-state index in [-0.39, 0.29) is 0 Å². The smallest absolute Gasteiger partial charge is 0.127 e. The zero-order valence-corrected chi connectivity index (χ0v) is 16.1. The zero-order valence-electron chi connectivity index (χ0n) is 14.5. The van der Waals surface area contributed by atoms with Crippen LogP contribution in [0.25, 0.3) is 32.7 Å². The third kappa shape index (κ3) is 2.93. The van der Waals surface area contributed by atoms with Gasteiger partial charge in [0, 0.05) is 16.5 Å². The van der Waals surface area contributed by atoms with Crippen LogP contribution in [0.3, 0.4) is 0 Å². The third-order valence-electron chi connectivity index (χ3n) is 4.59. The van der Waals surface area contributed by atoms with E-state index in [4.69, 9.17) is 9.47 Å². The molecule has 0 aliphatic rings. The van der Waals surface area contributed by atoms with E-state index in [9.17, 15) is 0 Å². The summed E-state index contributed by atoms with van der Waals surface area (Å²) in [6.07, 6.45) is 0. The molecule has 0 aromatic heterocycles. The fourth-order valence-corrected chi connectivity index (χ4v) is 3.62. The molecule has 4 aromatic carbocycles. The highest BCUT2D eigenvalue weighted by Gasteiger charge is 2.18. The summed E-state index contributed by atoms with van der Waals surface area (Å²) in [6.45, 7) is 0.610. The minimum atomic E-state index is 0.610. The third-order valence-corrected chi connectivity index (χ3v) is 4.91. The average molecular weight is 407 g/mol. The summed E-state index contributed by atoms with van der Waals surface area (Å²) in [4.78, 5) is 0. The number of halogens is 1. The number of ether oxygens (including phenoxy) is 2. The van der Waals surface area contributed by atoms with E-state index in [1.165, 1.54) is 10.8 Å². The first kappa shape index (κ1) is 16.9. The lowest BCUT2D eigenvalue weighted by Crippen LogP contribution is -2.01. The molecule has 0 atom stereocenters. The SMILES string of the molecule is COc1ccc2ccccc2c1-c1c(OCCBr)ccc2ccccc12. The number of hydrogen-bond acceptors (Lipinski definition) is 2. The summed E-state index contributed by atoms with van der Waals surface area (Å²) in [5, 5.41) is 5.47. The molecule has 0 aliphatic heterocycles. The van der Waals surface area contributed by atoms with Crippen LogP contribution in [0.1, 0.15) is 0 Å². The molecule has 2 nitrogen and oxygen atoms in total. The first-order chi connectivity index (χ1) is 12.8. The van der Waals surface area contributed by atoms with E-state index in [1.54, 1.807) is 7.11 Å². The molecule has 0 N–H and O–H groups in total. The Morgan fingerprint density at radius 3 is 1.81 bits per heavy atom. The maximum atomic E-state index is 6.09. The van der Waals surface area contributed by atoms with Crippen molar-refractivity contribution in [3.05, 3.63) is 72.8 Å². The van der Waals surface area contributed by atoms with Crippen LogP contribution in [0.4, 0.5) is 0 Å². The van der Waals surface area contributed by atoms with Gasteiger partial charge in [-0.1, -0.05) is 76.6 Å². The van der Waals surface area contributed by atoms with E-state index in [0.29, 0.717) is 6.61 Å². The molecule has 0 radical (unpaired) electrons. The molecule has 3 heteroatoms. The Balaban J connectivity index is 2.12. The molecule has 0 aliphatic carbocycles. The van der Waals surface area contributed by atoms with Crippen molar-refractivity contribution >= 4 is 37.5 Å². The number of alkyl halides is 1. The lowest BCUT2D eigenvalue weighted by Gasteiger charge is -2.18. The second-order valence-corrected chi connectivity index (χ2v) is 6.85. The first-order valence-corrected chi connectivity index (χ1v) is 9.72. The van der Waals surface area contributed by atoms with Gasteiger partial charge in [0.05, 0.1) is 13.7 Å². The van der Waals surface area contributed by atoms with Crippen molar-refractivity contribution in [1.82, 2.24) is 0 Å². The summed E-state index contributed by atoms with van der Waals surface area (Å²) in [7, 11) is 1.72. The van der Waals surface area contributed by atoms with Gasteiger partial charge in [-0.05, 0) is 33.7 Å². The van der Waals surface area contributed by atoms with E-state index in [0.717, 1.165) is 38.7 Å². The zero-order chi connectivity index (χ0) is 17.9. The fourth-order valence-electron chi connectivity index (χ4n) is 3.46. The Morgan fingerprint density at radius 1 is 0.692 bits per heavy atom. The van der Waals surface area contributed by atoms with Gasteiger partial charge in [-0.15, -0.1) is 0 Å². The van der Waals surface area contributed by atoms with Crippen molar-refractivity contribution in [3.8, 4) is 22.6 Å². The van der Waals surface area contributed by atoms with Crippen molar-refractivity contribution < 1.29 is 9.47 Å². The molecule has 0 amide bonds. The Bertz CT molecular complexity index is 1070. The molecule has 0 saturated carbocycles. The summed E-state index contributed by atoms with van der Waals surface area (Å²) in [5.41, 5.74) is 2.16. The van der Waals surface area contributed by atoms with Crippen LogP contribution in [-0.4, -0.2) is 19.0 Å². The first-order valence-electron chi connectivity index (χ1n) is 8.60. The van der Waals surface area contributed by atoms with Crippen LogP contribution in [-0.2, 0) is 0 Å². The van der Waals surface area contributed by atoms with E-state index in [1.807, 2.05) is 6.07 Å². The molecule has 26 heavy (non-hydrogen) atoms. The maximum absolute atomic E-state index is 6.09. The number of methoxy groups -OCH3 is 1. The normalized spacial score (nSPS) is 11.0. The Labute approximate surface area is 161 Å².